The standard InChI is InChI=1S/C41H43N3O6Si/c1-39(2,3)51(31-22-14-8-15-23-31,32-24-16-9-17-25-32)47-28-33-35-36(50-40(4,5)49-35)41(48-33,30-20-12-7-13-21-30)44-27-26-34(43-38(44)46)42-37(45)29-18-10-6-11-19-29/h6-27,33,35-36H,28H2,1-5H3,(H,42,43,45,46)/t33-,35-,36-,41-/m1/s1. The molecule has 4 atom stereocenters. The van der Waals surface area contributed by atoms with Gasteiger partial charge in [0.15, 0.2) is 5.79 Å². The zero-order valence-electron chi connectivity index (χ0n) is 29.5. The molecule has 5 aromatic rings. The molecule has 0 saturated carbocycles. The molecule has 3 heterocycles. The molecule has 1 N–H and O–H groups in total. The van der Waals surface area contributed by atoms with E-state index in [9.17, 15) is 9.59 Å². The van der Waals surface area contributed by atoms with Gasteiger partial charge in [-0.2, -0.15) is 4.98 Å². The summed E-state index contributed by atoms with van der Waals surface area (Å²) in [6, 6.07) is 40.8. The Morgan fingerprint density at radius 3 is 1.90 bits per heavy atom. The Kier molecular flexibility index (Phi) is 9.15. The van der Waals surface area contributed by atoms with Crippen LogP contribution in [-0.2, 0) is 24.4 Å². The number of benzene rings is 4. The number of amides is 1. The maximum absolute atomic E-state index is 14.1. The van der Waals surface area contributed by atoms with E-state index in [0.717, 1.165) is 10.4 Å². The fourth-order valence-electron chi connectivity index (χ4n) is 7.57. The highest BCUT2D eigenvalue weighted by Crippen LogP contribution is 2.50. The van der Waals surface area contributed by atoms with Gasteiger partial charge in [0, 0.05) is 17.3 Å². The normalized spacial score (nSPS) is 22.7. The van der Waals surface area contributed by atoms with Gasteiger partial charge in [-0.25, -0.2) is 4.79 Å². The molecule has 2 aliphatic rings. The molecule has 51 heavy (non-hydrogen) atoms. The summed E-state index contributed by atoms with van der Waals surface area (Å²) >= 11 is 0. The summed E-state index contributed by atoms with van der Waals surface area (Å²) in [4.78, 5) is 31.3. The first-order valence-corrected chi connectivity index (χ1v) is 19.2. The van der Waals surface area contributed by atoms with E-state index in [4.69, 9.17) is 18.6 Å². The summed E-state index contributed by atoms with van der Waals surface area (Å²) < 4.78 is 29.2. The van der Waals surface area contributed by atoms with E-state index in [2.05, 4.69) is 79.6 Å². The summed E-state index contributed by atoms with van der Waals surface area (Å²) in [5.41, 5.74) is -0.941. The second kappa shape index (κ2) is 13.4. The lowest BCUT2D eigenvalue weighted by Crippen LogP contribution is -2.67. The van der Waals surface area contributed by atoms with Gasteiger partial charge in [0.05, 0.1) is 6.61 Å². The van der Waals surface area contributed by atoms with Crippen LogP contribution in [-0.4, -0.2) is 54.5 Å². The number of ether oxygens (including phenoxy) is 3. The zero-order valence-corrected chi connectivity index (χ0v) is 30.5. The Balaban J connectivity index is 1.30. The number of anilines is 1. The van der Waals surface area contributed by atoms with Crippen LogP contribution in [0.2, 0.25) is 5.04 Å². The molecule has 0 radical (unpaired) electrons. The highest BCUT2D eigenvalue weighted by atomic mass is 28.4. The van der Waals surface area contributed by atoms with Gasteiger partial charge in [0.1, 0.15) is 24.1 Å². The van der Waals surface area contributed by atoms with Gasteiger partial charge < -0.3 is 24.0 Å². The minimum Gasteiger partial charge on any atom is -0.405 e. The minimum atomic E-state index is -2.96. The van der Waals surface area contributed by atoms with Crippen LogP contribution < -0.4 is 21.4 Å². The number of hydrogen-bond acceptors (Lipinski definition) is 7. The maximum Gasteiger partial charge on any atom is 0.352 e. The molecule has 2 fully saturated rings. The Bertz CT molecular complexity index is 2000. The molecule has 2 aliphatic heterocycles. The summed E-state index contributed by atoms with van der Waals surface area (Å²) in [7, 11) is -2.96. The molecule has 0 unspecified atom stereocenters. The van der Waals surface area contributed by atoms with Gasteiger partial charge >= 0.3 is 5.69 Å². The molecule has 1 aromatic heterocycles. The molecule has 0 bridgehead atoms. The number of hydrogen-bond donors (Lipinski definition) is 1. The zero-order chi connectivity index (χ0) is 35.9. The predicted molar refractivity (Wildman–Crippen MR) is 199 cm³/mol. The first-order chi connectivity index (χ1) is 24.4. The third-order valence-corrected chi connectivity index (χ3v) is 14.7. The lowest BCUT2D eigenvalue weighted by atomic mass is 9.94. The van der Waals surface area contributed by atoms with Crippen molar-refractivity contribution in [3.8, 4) is 0 Å². The Morgan fingerprint density at radius 1 is 0.804 bits per heavy atom. The van der Waals surface area contributed by atoms with E-state index in [-0.39, 0.29) is 23.4 Å². The third kappa shape index (κ3) is 6.28. The molecule has 10 heteroatoms. The van der Waals surface area contributed by atoms with Gasteiger partial charge in [-0.15, -0.1) is 0 Å². The summed E-state index contributed by atoms with van der Waals surface area (Å²) in [5, 5.41) is 4.76. The van der Waals surface area contributed by atoms with E-state index < -0.39 is 43.8 Å². The Labute approximate surface area is 299 Å². The van der Waals surface area contributed by atoms with Crippen molar-refractivity contribution in [2.24, 2.45) is 0 Å². The van der Waals surface area contributed by atoms with Crippen LogP contribution in [0.4, 0.5) is 5.82 Å². The molecular weight excluding hydrogens is 659 g/mol. The molecule has 7 rings (SSSR count). The molecule has 4 aromatic carbocycles. The summed E-state index contributed by atoms with van der Waals surface area (Å²) in [6.45, 7) is 10.6. The van der Waals surface area contributed by atoms with Crippen molar-refractivity contribution < 1.29 is 23.4 Å². The first-order valence-electron chi connectivity index (χ1n) is 17.3. The molecule has 262 valence electrons. The second-order valence-electron chi connectivity index (χ2n) is 14.5. The monoisotopic (exact) mass is 701 g/mol. The van der Waals surface area contributed by atoms with Crippen LogP contribution in [0.25, 0.3) is 0 Å². The summed E-state index contributed by atoms with van der Waals surface area (Å²) in [5.74, 6) is -1.22. The predicted octanol–water partition coefficient (Wildman–Crippen LogP) is 5.69. The molecule has 9 nitrogen and oxygen atoms in total. The van der Waals surface area contributed by atoms with Gasteiger partial charge in [-0.05, 0) is 47.5 Å². The minimum absolute atomic E-state index is 0.123. The van der Waals surface area contributed by atoms with E-state index in [0.29, 0.717) is 11.1 Å². The van der Waals surface area contributed by atoms with Crippen molar-refractivity contribution in [1.82, 2.24) is 9.55 Å². The van der Waals surface area contributed by atoms with E-state index in [1.165, 1.54) is 4.57 Å². The SMILES string of the molecule is CC1(C)O[C@H]2[C@@H](O1)[C@](c1ccccc1)(n1ccc(NC(=O)c3ccccc3)nc1=O)O[C@@H]2CO[Si](c1ccccc1)(c1ccccc1)C(C)(C)C. The van der Waals surface area contributed by atoms with Crippen LogP contribution in [0.5, 0.6) is 0 Å². The van der Waals surface area contributed by atoms with Crippen molar-refractivity contribution in [3.63, 3.8) is 0 Å². The molecule has 2 saturated heterocycles. The first kappa shape index (κ1) is 34.7. The average Bonchev–Trinajstić information content (AvgIpc) is 3.61. The molecule has 1 amide bonds. The van der Waals surface area contributed by atoms with Crippen LogP contribution in [0.3, 0.4) is 0 Å². The van der Waals surface area contributed by atoms with Crippen molar-refractivity contribution in [1.29, 1.82) is 0 Å². The number of aromatic nitrogens is 2. The lowest BCUT2D eigenvalue weighted by Gasteiger charge is -2.44. The smallest absolute Gasteiger partial charge is 0.352 e. The number of nitrogens with one attached hydrogen (secondary N) is 1. The van der Waals surface area contributed by atoms with E-state index in [1.807, 2.05) is 62.4 Å². The van der Waals surface area contributed by atoms with E-state index in [1.54, 1.807) is 36.5 Å². The van der Waals surface area contributed by atoms with Gasteiger partial charge in [0.25, 0.3) is 14.2 Å². The van der Waals surface area contributed by atoms with Crippen LogP contribution in [0.1, 0.15) is 50.5 Å². The largest absolute Gasteiger partial charge is 0.405 e. The fraction of sp³-hybridized carbons (Fsp3) is 0.293. The second-order valence-corrected chi connectivity index (χ2v) is 18.8. The summed E-state index contributed by atoms with van der Waals surface area (Å²) in [6.07, 6.45) is -0.377. The highest BCUT2D eigenvalue weighted by molar-refractivity contribution is 6.99. The topological polar surface area (TPSA) is 101 Å². The Morgan fingerprint density at radius 2 is 1.35 bits per heavy atom. The van der Waals surface area contributed by atoms with Crippen LogP contribution >= 0.6 is 0 Å². The van der Waals surface area contributed by atoms with Crippen molar-refractivity contribution in [2.75, 3.05) is 11.9 Å². The number of nitrogens with zero attached hydrogens (tertiary/aromatic N) is 2. The highest BCUT2D eigenvalue weighted by Gasteiger charge is 2.65. The van der Waals surface area contributed by atoms with Crippen molar-refractivity contribution in [3.05, 3.63) is 155 Å². The fourth-order valence-corrected chi connectivity index (χ4v) is 12.1. The van der Waals surface area contributed by atoms with Crippen LogP contribution in [0.15, 0.2) is 138 Å². The number of carbonyl (C=O) groups is 1. The van der Waals surface area contributed by atoms with Crippen molar-refractivity contribution in [2.45, 2.75) is 69.5 Å². The number of fused-ring (bicyclic) bond motifs is 1. The average molecular weight is 702 g/mol. The van der Waals surface area contributed by atoms with Gasteiger partial charge in [-0.3, -0.25) is 9.36 Å². The van der Waals surface area contributed by atoms with Gasteiger partial charge in [-0.1, -0.05) is 130 Å². The molecule has 0 aliphatic carbocycles. The Hall–Kier alpha value is -4.71. The lowest BCUT2D eigenvalue weighted by molar-refractivity contribution is -0.222. The van der Waals surface area contributed by atoms with Crippen molar-refractivity contribution >= 4 is 30.4 Å². The number of carbonyl (C=O) groups excluding carboxylic acids is 1. The molecular formula is C41H43N3O6Si. The number of rotatable bonds is 9. The van der Waals surface area contributed by atoms with Crippen LogP contribution in [0, 0.1) is 0 Å². The van der Waals surface area contributed by atoms with Gasteiger partial charge in [0.2, 0.25) is 5.72 Å². The van der Waals surface area contributed by atoms with E-state index >= 15 is 0 Å². The quantitative estimate of drug-likeness (QED) is 0.197. The third-order valence-electron chi connectivity index (χ3n) is 9.72. The molecule has 0 spiro atoms. The maximum atomic E-state index is 14.1.